The number of hydrogen-bond donors (Lipinski definition) is 3. The van der Waals surface area contributed by atoms with E-state index in [-0.39, 0.29) is 24.3 Å². The fourth-order valence-corrected chi connectivity index (χ4v) is 6.14. The molecule has 13 nitrogen and oxygen atoms in total. The number of nitro groups is 2. The van der Waals surface area contributed by atoms with E-state index in [0.717, 1.165) is 10.9 Å². The van der Waals surface area contributed by atoms with E-state index >= 15 is 0 Å². The summed E-state index contributed by atoms with van der Waals surface area (Å²) < 4.78 is 18.5. The van der Waals surface area contributed by atoms with E-state index in [4.69, 9.17) is 14.2 Å². The Bertz CT molecular complexity index is 2230. The topological polar surface area (TPSA) is 171 Å². The first-order chi connectivity index (χ1) is 23.8. The molecular formula is C36H29N5O8. The van der Waals surface area contributed by atoms with E-state index in [0.29, 0.717) is 39.3 Å². The number of nitro benzene ring substituents is 1. The maximum absolute atomic E-state index is 12.8. The quantitative estimate of drug-likeness (QED) is 0.0594. The lowest BCUT2D eigenvalue weighted by molar-refractivity contribution is -0.571. The van der Waals surface area contributed by atoms with Crippen LogP contribution in [0.5, 0.6) is 17.2 Å². The van der Waals surface area contributed by atoms with E-state index in [1.165, 1.54) is 25.3 Å². The zero-order chi connectivity index (χ0) is 34.1. The number of aromatic nitrogens is 1. The molecule has 246 valence electrons. The summed E-state index contributed by atoms with van der Waals surface area (Å²) in [7, 11) is 1.50. The minimum Gasteiger partial charge on any atom is -0.497 e. The van der Waals surface area contributed by atoms with Crippen LogP contribution in [0.15, 0.2) is 109 Å². The molecule has 2 heterocycles. The number of para-hydroxylation sites is 2. The van der Waals surface area contributed by atoms with E-state index in [2.05, 4.69) is 15.6 Å². The van der Waals surface area contributed by atoms with Crippen molar-refractivity contribution in [3.8, 4) is 17.2 Å². The molecule has 5 aromatic carbocycles. The molecule has 2 unspecified atom stereocenters. The van der Waals surface area contributed by atoms with Crippen molar-refractivity contribution < 1.29 is 29.2 Å². The molecule has 49 heavy (non-hydrogen) atoms. The molecule has 0 amide bonds. The maximum atomic E-state index is 12.8. The number of aliphatic hydroxyl groups excluding tert-OH is 1. The van der Waals surface area contributed by atoms with Gasteiger partial charge < -0.3 is 24.6 Å². The van der Waals surface area contributed by atoms with Crippen molar-refractivity contribution >= 4 is 38.9 Å². The van der Waals surface area contributed by atoms with Gasteiger partial charge in [0, 0.05) is 34.6 Å². The van der Waals surface area contributed by atoms with Crippen molar-refractivity contribution in [1.29, 1.82) is 0 Å². The molecular weight excluding hydrogens is 630 g/mol. The molecule has 0 spiro atoms. The second kappa shape index (κ2) is 12.7. The van der Waals surface area contributed by atoms with E-state index in [1.54, 1.807) is 60.7 Å². The molecule has 0 aliphatic carbocycles. The third kappa shape index (κ3) is 5.66. The standard InChI is InChI=1S/C36H29N5O8/c1-47-26-12-14-30-27(21-26)36(37-17-18-42,49-25-8-3-2-4-9-25)33-31(39-30)15-16-32(40(43)44)34(33)48-35(41(45)46)23-11-13-29-24(20-23)19-22-7-5-6-10-28(22)38-29/h2-16,19-21,35,37,39,42H,17-18H2,1H3. The first kappa shape index (κ1) is 31.3. The van der Waals surface area contributed by atoms with Crippen molar-refractivity contribution in [3.05, 3.63) is 146 Å². The predicted molar refractivity (Wildman–Crippen MR) is 182 cm³/mol. The van der Waals surface area contributed by atoms with Crippen molar-refractivity contribution in [2.45, 2.75) is 12.0 Å². The van der Waals surface area contributed by atoms with Crippen LogP contribution in [0, 0.1) is 20.2 Å². The molecule has 1 aliphatic rings. The number of aliphatic hydroxyl groups is 1. The number of nitrogens with one attached hydrogen (secondary N) is 2. The number of nitrogens with zero attached hydrogens (tertiary/aromatic N) is 3. The normalized spacial score (nSPS) is 15.5. The van der Waals surface area contributed by atoms with Crippen molar-refractivity contribution in [2.75, 3.05) is 25.6 Å². The molecule has 2 atom stereocenters. The summed E-state index contributed by atoms with van der Waals surface area (Å²) in [5, 5.41) is 43.4. The number of ether oxygens (including phenoxy) is 3. The van der Waals surface area contributed by atoms with Gasteiger partial charge in [-0.25, -0.2) is 4.98 Å². The highest BCUT2D eigenvalue weighted by Gasteiger charge is 2.49. The predicted octanol–water partition coefficient (Wildman–Crippen LogP) is 6.58. The number of methoxy groups -OCH3 is 1. The van der Waals surface area contributed by atoms with Gasteiger partial charge in [-0.15, -0.1) is 0 Å². The number of hydrogen-bond acceptors (Lipinski definition) is 11. The smallest absolute Gasteiger partial charge is 0.381 e. The molecule has 3 N–H and O–H groups in total. The van der Waals surface area contributed by atoms with Crippen LogP contribution >= 0.6 is 0 Å². The largest absolute Gasteiger partial charge is 0.497 e. The van der Waals surface area contributed by atoms with Crippen LogP contribution < -0.4 is 24.8 Å². The van der Waals surface area contributed by atoms with Crippen LogP contribution in [0.25, 0.3) is 21.8 Å². The number of rotatable bonds is 11. The highest BCUT2D eigenvalue weighted by Crippen LogP contribution is 2.53. The molecule has 7 rings (SSSR count). The van der Waals surface area contributed by atoms with E-state index in [9.17, 15) is 25.3 Å². The van der Waals surface area contributed by atoms with Gasteiger partial charge >= 0.3 is 11.9 Å². The Morgan fingerprint density at radius 3 is 2.37 bits per heavy atom. The first-order valence-electron chi connectivity index (χ1n) is 15.3. The summed E-state index contributed by atoms with van der Waals surface area (Å²) in [6.45, 7) is -0.361. The summed E-state index contributed by atoms with van der Waals surface area (Å²) in [4.78, 5) is 28.8. The van der Waals surface area contributed by atoms with Gasteiger partial charge in [0.15, 0.2) is 0 Å². The van der Waals surface area contributed by atoms with Crippen molar-refractivity contribution in [3.63, 3.8) is 0 Å². The number of pyridine rings is 1. The van der Waals surface area contributed by atoms with Crippen molar-refractivity contribution in [1.82, 2.24) is 10.3 Å². The van der Waals surface area contributed by atoms with Crippen LogP contribution in [0.4, 0.5) is 17.1 Å². The fourth-order valence-electron chi connectivity index (χ4n) is 6.14. The van der Waals surface area contributed by atoms with Crippen LogP contribution in [0.3, 0.4) is 0 Å². The van der Waals surface area contributed by atoms with Crippen LogP contribution in [-0.2, 0) is 5.72 Å². The SMILES string of the molecule is COc1ccc2c(c1)C(NCCO)(Oc1ccccc1)c1c(ccc([N+](=O)[O-])c1OC(c1ccc3nc4ccccc4cc3c1)[N+](=O)[O-])N2. The Hall–Kier alpha value is -6.31. The summed E-state index contributed by atoms with van der Waals surface area (Å²) >= 11 is 0. The third-order valence-corrected chi connectivity index (χ3v) is 8.31. The summed E-state index contributed by atoms with van der Waals surface area (Å²) in [6.07, 6.45) is -1.87. The highest BCUT2D eigenvalue weighted by atomic mass is 16.7. The average Bonchev–Trinajstić information content (AvgIpc) is 3.11. The van der Waals surface area contributed by atoms with Gasteiger partial charge in [0.2, 0.25) is 11.5 Å². The first-order valence-corrected chi connectivity index (χ1v) is 15.3. The third-order valence-electron chi connectivity index (χ3n) is 8.31. The van der Waals surface area contributed by atoms with Gasteiger partial charge in [-0.1, -0.05) is 36.4 Å². The Labute approximate surface area is 279 Å². The van der Waals surface area contributed by atoms with Gasteiger partial charge in [-0.3, -0.25) is 25.5 Å². The van der Waals surface area contributed by atoms with Gasteiger partial charge in [-0.05, 0) is 66.7 Å². The lowest BCUT2D eigenvalue weighted by atomic mass is 9.86. The highest BCUT2D eigenvalue weighted by molar-refractivity contribution is 5.93. The van der Waals surface area contributed by atoms with E-state index in [1.807, 2.05) is 30.3 Å². The minimum atomic E-state index is -1.87. The Balaban J connectivity index is 1.46. The molecule has 0 saturated heterocycles. The molecule has 1 aliphatic heterocycles. The Morgan fingerprint density at radius 1 is 0.857 bits per heavy atom. The molecule has 0 radical (unpaired) electrons. The van der Waals surface area contributed by atoms with Crippen LogP contribution in [-0.4, -0.2) is 40.2 Å². The second-order valence-corrected chi connectivity index (χ2v) is 11.3. The van der Waals surface area contributed by atoms with Gasteiger partial charge in [0.05, 0.1) is 51.4 Å². The number of benzene rings is 5. The number of fused-ring (bicyclic) bond motifs is 4. The Kier molecular flexibility index (Phi) is 8.12. The summed E-state index contributed by atoms with van der Waals surface area (Å²) in [5.41, 5.74) is 0.623. The van der Waals surface area contributed by atoms with E-state index < -0.39 is 33.2 Å². The summed E-state index contributed by atoms with van der Waals surface area (Å²) in [5.74, 6) is 0.416. The minimum absolute atomic E-state index is 0.0324. The van der Waals surface area contributed by atoms with Gasteiger partial charge in [0.1, 0.15) is 11.5 Å². The molecule has 0 saturated carbocycles. The maximum Gasteiger partial charge on any atom is 0.381 e. The lowest BCUT2D eigenvalue weighted by Gasteiger charge is -2.42. The average molecular weight is 660 g/mol. The monoisotopic (exact) mass is 659 g/mol. The lowest BCUT2D eigenvalue weighted by Crippen LogP contribution is -2.52. The number of anilines is 2. The van der Waals surface area contributed by atoms with Crippen molar-refractivity contribution in [2.24, 2.45) is 0 Å². The molecule has 0 fully saturated rings. The molecule has 13 heteroatoms. The molecule has 0 bridgehead atoms. The van der Waals surface area contributed by atoms with Crippen LogP contribution in [0.1, 0.15) is 22.9 Å². The van der Waals surface area contributed by atoms with Gasteiger partial charge in [-0.2, -0.15) is 0 Å². The van der Waals surface area contributed by atoms with Crippen LogP contribution in [0.2, 0.25) is 0 Å². The zero-order valence-corrected chi connectivity index (χ0v) is 26.0. The molecule has 6 aromatic rings. The second-order valence-electron chi connectivity index (χ2n) is 11.3. The summed E-state index contributed by atoms with van der Waals surface area (Å²) in [6, 6.07) is 30.8. The van der Waals surface area contributed by atoms with Gasteiger partial charge in [0.25, 0.3) is 0 Å². The fraction of sp³-hybridized carbons (Fsp3) is 0.139. The zero-order valence-electron chi connectivity index (χ0n) is 26.0. The molecule has 1 aromatic heterocycles. The Morgan fingerprint density at radius 2 is 1.61 bits per heavy atom.